The Morgan fingerprint density at radius 2 is 1.56 bits per heavy atom. The molecule has 0 saturated carbocycles. The highest BCUT2D eigenvalue weighted by Gasteiger charge is 2.24. The Bertz CT molecular complexity index is 815. The number of rotatable bonds is 4. The van der Waals surface area contributed by atoms with Crippen LogP contribution in [-0.2, 0) is 0 Å². The fourth-order valence-electron chi connectivity index (χ4n) is 1.79. The highest BCUT2D eigenvalue weighted by atomic mass is 32.1. The summed E-state index contributed by atoms with van der Waals surface area (Å²) in [7, 11) is 1.44. The molecule has 4 nitrogen and oxygen atoms in total. The molecule has 25 heavy (non-hydrogen) atoms. The predicted molar refractivity (Wildman–Crippen MR) is 86.2 cm³/mol. The normalized spacial score (nSPS) is 10.8. The first-order valence-corrected chi connectivity index (χ1v) is 7.02. The van der Waals surface area contributed by atoms with Crippen LogP contribution in [0.3, 0.4) is 0 Å². The fraction of sp³-hybridized carbons (Fsp3) is 0.0667. The van der Waals surface area contributed by atoms with Gasteiger partial charge in [-0.3, -0.25) is 5.43 Å². The van der Waals surface area contributed by atoms with Crippen LogP contribution in [0, 0.1) is 29.1 Å². The summed E-state index contributed by atoms with van der Waals surface area (Å²) in [6.07, 6.45) is 0.437. The quantitative estimate of drug-likeness (QED) is 0.214. The molecule has 0 aliphatic carbocycles. The van der Waals surface area contributed by atoms with Crippen LogP contribution in [0.15, 0.2) is 29.4 Å². The molecule has 0 aliphatic rings. The minimum atomic E-state index is -2.24. The average molecular weight is 375 g/mol. The topological polar surface area (TPSA) is 45.6 Å². The second-order valence-corrected chi connectivity index (χ2v) is 4.92. The molecule has 0 aromatic heterocycles. The van der Waals surface area contributed by atoms with E-state index in [4.69, 9.17) is 17.0 Å². The first-order chi connectivity index (χ1) is 11.9. The van der Waals surface area contributed by atoms with Crippen molar-refractivity contribution in [2.45, 2.75) is 0 Å². The van der Waals surface area contributed by atoms with Gasteiger partial charge >= 0.3 is 0 Å². The number of anilines is 1. The summed E-state index contributed by atoms with van der Waals surface area (Å²) in [4.78, 5) is 0. The summed E-state index contributed by atoms with van der Waals surface area (Å²) < 4.78 is 71.1. The molecule has 0 spiro atoms. The number of hydrazone groups is 1. The van der Waals surface area contributed by atoms with Crippen molar-refractivity contribution in [1.29, 1.82) is 0 Å². The predicted octanol–water partition coefficient (Wildman–Crippen LogP) is 3.71. The third-order valence-electron chi connectivity index (χ3n) is 2.96. The molecule has 0 fully saturated rings. The number of ether oxygens (including phenoxy) is 1. The van der Waals surface area contributed by atoms with Crippen LogP contribution in [-0.4, -0.2) is 18.4 Å². The SMILES string of the molecule is COc1ccccc1NC(=S)N/N=C/c1c(F)c(F)c(F)c(F)c1F. The van der Waals surface area contributed by atoms with E-state index in [-0.39, 0.29) is 5.11 Å². The lowest BCUT2D eigenvalue weighted by Crippen LogP contribution is -2.24. The number of nitrogens with one attached hydrogen (secondary N) is 2. The van der Waals surface area contributed by atoms with Crippen molar-refractivity contribution in [2.75, 3.05) is 12.4 Å². The Kier molecular flexibility index (Phi) is 5.86. The van der Waals surface area contributed by atoms with Crippen LogP contribution in [0.2, 0.25) is 0 Å². The Hall–Kier alpha value is -2.75. The molecule has 132 valence electrons. The van der Waals surface area contributed by atoms with Crippen LogP contribution < -0.4 is 15.5 Å². The van der Waals surface area contributed by atoms with E-state index in [1.807, 2.05) is 0 Å². The number of methoxy groups -OCH3 is 1. The van der Waals surface area contributed by atoms with E-state index < -0.39 is 34.6 Å². The average Bonchev–Trinajstić information content (AvgIpc) is 2.61. The van der Waals surface area contributed by atoms with Crippen molar-refractivity contribution < 1.29 is 26.7 Å². The number of nitrogens with zero attached hydrogens (tertiary/aromatic N) is 1. The summed E-state index contributed by atoms with van der Waals surface area (Å²) in [6.45, 7) is 0. The van der Waals surface area contributed by atoms with Gasteiger partial charge in [0, 0.05) is 0 Å². The summed E-state index contributed by atoms with van der Waals surface area (Å²) >= 11 is 4.91. The molecule has 2 aromatic carbocycles. The van der Waals surface area contributed by atoms with E-state index in [0.29, 0.717) is 17.7 Å². The van der Waals surface area contributed by atoms with E-state index in [0.717, 1.165) is 0 Å². The molecular weight excluding hydrogens is 365 g/mol. The Morgan fingerprint density at radius 1 is 1.00 bits per heavy atom. The summed E-state index contributed by atoms with van der Waals surface area (Å²) in [6, 6.07) is 6.72. The molecule has 0 unspecified atom stereocenters. The molecule has 0 atom stereocenters. The monoisotopic (exact) mass is 375 g/mol. The zero-order chi connectivity index (χ0) is 18.6. The van der Waals surface area contributed by atoms with Crippen LogP contribution in [0.5, 0.6) is 5.75 Å². The number of benzene rings is 2. The lowest BCUT2D eigenvalue weighted by Gasteiger charge is -2.10. The molecular formula is C15H10F5N3OS. The largest absolute Gasteiger partial charge is 0.495 e. The van der Waals surface area contributed by atoms with Gasteiger partial charge in [0.1, 0.15) is 5.75 Å². The van der Waals surface area contributed by atoms with Crippen molar-refractivity contribution in [3.8, 4) is 5.75 Å². The van der Waals surface area contributed by atoms with Gasteiger partial charge in [-0.05, 0) is 24.4 Å². The molecule has 0 saturated heterocycles. The standard InChI is InChI=1S/C15H10F5N3OS/c1-24-9-5-3-2-4-8(9)22-15(25)23-21-6-7-10(16)12(18)14(20)13(19)11(7)17/h2-6H,1H3,(H2,22,23,25)/b21-6+. The van der Waals surface area contributed by atoms with Crippen LogP contribution in [0.1, 0.15) is 5.56 Å². The first-order valence-electron chi connectivity index (χ1n) is 6.61. The van der Waals surface area contributed by atoms with E-state index >= 15 is 0 Å². The van der Waals surface area contributed by atoms with Crippen molar-refractivity contribution >= 4 is 29.2 Å². The second-order valence-electron chi connectivity index (χ2n) is 4.51. The third-order valence-corrected chi connectivity index (χ3v) is 3.15. The van der Waals surface area contributed by atoms with Crippen LogP contribution in [0.4, 0.5) is 27.6 Å². The second kappa shape index (κ2) is 7.88. The van der Waals surface area contributed by atoms with Gasteiger partial charge in [-0.15, -0.1) is 0 Å². The molecule has 0 heterocycles. The maximum atomic E-state index is 13.5. The minimum Gasteiger partial charge on any atom is -0.495 e. The lowest BCUT2D eigenvalue weighted by molar-refractivity contribution is 0.377. The lowest BCUT2D eigenvalue weighted by atomic mass is 10.2. The Balaban J connectivity index is 2.13. The summed E-state index contributed by atoms with van der Waals surface area (Å²) in [5.74, 6) is -9.88. The Morgan fingerprint density at radius 3 is 2.16 bits per heavy atom. The molecule has 2 aromatic rings. The van der Waals surface area contributed by atoms with Gasteiger partial charge < -0.3 is 10.1 Å². The summed E-state index contributed by atoms with van der Waals surface area (Å²) in [5, 5.41) is 5.97. The maximum absolute atomic E-state index is 13.5. The van der Waals surface area contributed by atoms with Crippen LogP contribution in [0.25, 0.3) is 0 Å². The van der Waals surface area contributed by atoms with E-state index in [9.17, 15) is 22.0 Å². The molecule has 0 amide bonds. The summed E-state index contributed by atoms with van der Waals surface area (Å²) in [5.41, 5.74) is 1.49. The van der Waals surface area contributed by atoms with Crippen molar-refractivity contribution in [3.63, 3.8) is 0 Å². The molecule has 0 aliphatic heterocycles. The van der Waals surface area contributed by atoms with Gasteiger partial charge in [-0.1, -0.05) is 12.1 Å². The van der Waals surface area contributed by atoms with Gasteiger partial charge in [-0.2, -0.15) is 5.10 Å². The van der Waals surface area contributed by atoms with Crippen molar-refractivity contribution in [3.05, 3.63) is 58.9 Å². The number of para-hydroxylation sites is 2. The van der Waals surface area contributed by atoms with E-state index in [1.54, 1.807) is 24.3 Å². The van der Waals surface area contributed by atoms with Gasteiger partial charge in [0.15, 0.2) is 28.4 Å². The fourth-order valence-corrected chi connectivity index (χ4v) is 1.95. The number of thiocarbonyl (C=S) groups is 1. The van der Waals surface area contributed by atoms with Crippen molar-refractivity contribution in [1.82, 2.24) is 5.43 Å². The highest BCUT2D eigenvalue weighted by Crippen LogP contribution is 2.23. The number of hydrogen-bond donors (Lipinski definition) is 2. The van der Waals surface area contributed by atoms with Gasteiger partial charge in [0.05, 0.1) is 24.6 Å². The third kappa shape index (κ3) is 4.02. The first kappa shape index (κ1) is 18.6. The Labute approximate surface area is 144 Å². The van der Waals surface area contributed by atoms with Gasteiger partial charge in [0.2, 0.25) is 5.82 Å². The maximum Gasteiger partial charge on any atom is 0.200 e. The van der Waals surface area contributed by atoms with E-state index in [1.165, 1.54) is 7.11 Å². The number of halogens is 5. The van der Waals surface area contributed by atoms with Crippen molar-refractivity contribution in [2.24, 2.45) is 5.10 Å². The molecule has 10 heteroatoms. The van der Waals surface area contributed by atoms with E-state index in [2.05, 4.69) is 15.8 Å². The smallest absolute Gasteiger partial charge is 0.200 e. The zero-order valence-electron chi connectivity index (χ0n) is 12.5. The zero-order valence-corrected chi connectivity index (χ0v) is 13.4. The molecule has 0 radical (unpaired) electrons. The highest BCUT2D eigenvalue weighted by molar-refractivity contribution is 7.80. The molecule has 0 bridgehead atoms. The molecule has 2 rings (SSSR count). The van der Waals surface area contributed by atoms with Gasteiger partial charge in [0.25, 0.3) is 0 Å². The minimum absolute atomic E-state index is 0.0929. The van der Waals surface area contributed by atoms with Gasteiger partial charge in [-0.25, -0.2) is 22.0 Å². The van der Waals surface area contributed by atoms with Crippen LogP contribution >= 0.6 is 12.2 Å². The number of hydrogen-bond acceptors (Lipinski definition) is 3. The molecule has 2 N–H and O–H groups in total.